The molecule has 8 heteroatoms. The van der Waals surface area contributed by atoms with Crippen LogP contribution < -0.4 is 0 Å². The highest BCUT2D eigenvalue weighted by atomic mass is 16.4. The summed E-state index contributed by atoms with van der Waals surface area (Å²) in [6, 6.07) is 14.5. The van der Waals surface area contributed by atoms with Crippen LogP contribution in [0.1, 0.15) is 37.1 Å². The van der Waals surface area contributed by atoms with Gasteiger partial charge >= 0.3 is 5.97 Å². The Hall–Kier alpha value is -3.39. The third-order valence-electron chi connectivity index (χ3n) is 5.03. The Morgan fingerprint density at radius 2 is 1.86 bits per heavy atom. The number of hydrogen-bond acceptors (Lipinski definition) is 6. The van der Waals surface area contributed by atoms with E-state index in [9.17, 15) is 15.0 Å². The maximum Gasteiger partial charge on any atom is 0.314 e. The lowest BCUT2D eigenvalue weighted by atomic mass is 9.84. The Balaban J connectivity index is 1.87. The molecule has 0 aliphatic carbocycles. The lowest BCUT2D eigenvalue weighted by Gasteiger charge is -2.29. The maximum absolute atomic E-state index is 12.1. The van der Waals surface area contributed by atoms with Crippen LogP contribution in [0.25, 0.3) is 11.1 Å². The van der Waals surface area contributed by atoms with Crippen molar-refractivity contribution in [3.63, 3.8) is 0 Å². The molecule has 0 fully saturated rings. The summed E-state index contributed by atoms with van der Waals surface area (Å²) in [6.45, 7) is 3.40. The topological polar surface area (TPSA) is 113 Å². The third kappa shape index (κ3) is 2.97. The molecule has 4 rings (SSSR count). The molecule has 0 saturated heterocycles. The maximum atomic E-state index is 12.1. The summed E-state index contributed by atoms with van der Waals surface area (Å²) in [5.74, 6) is -1.57. The molecule has 3 aromatic rings. The average molecular weight is 377 g/mol. The molecular formula is C20H19N5O3. The number of aliphatic imine (C=N–C) groups is 1. The van der Waals surface area contributed by atoms with Crippen LogP contribution in [-0.4, -0.2) is 42.1 Å². The van der Waals surface area contributed by atoms with Gasteiger partial charge in [-0.05, 0) is 46.5 Å². The molecule has 0 spiro atoms. The average Bonchev–Trinajstić information content (AvgIpc) is 3.14. The highest BCUT2D eigenvalue weighted by Crippen LogP contribution is 2.39. The number of carboxylic acid groups (broad SMARTS) is 1. The molecular weight excluding hydrogens is 358 g/mol. The van der Waals surface area contributed by atoms with Gasteiger partial charge in [0.2, 0.25) is 0 Å². The Morgan fingerprint density at radius 3 is 2.54 bits per heavy atom. The van der Waals surface area contributed by atoms with E-state index in [1.54, 1.807) is 13.8 Å². The van der Waals surface area contributed by atoms with Gasteiger partial charge in [-0.25, -0.2) is 9.67 Å². The zero-order valence-electron chi connectivity index (χ0n) is 15.4. The van der Waals surface area contributed by atoms with Gasteiger partial charge in [-0.1, -0.05) is 53.6 Å². The van der Waals surface area contributed by atoms with Crippen LogP contribution in [0, 0.1) is 5.92 Å². The Morgan fingerprint density at radius 1 is 1.14 bits per heavy atom. The molecule has 2 aromatic carbocycles. The molecule has 1 aliphatic heterocycles. The molecule has 2 heterocycles. The number of aromatic nitrogens is 4. The number of carboxylic acids is 1. The van der Waals surface area contributed by atoms with Gasteiger partial charge in [0, 0.05) is 5.71 Å². The van der Waals surface area contributed by atoms with Gasteiger partial charge in [-0.15, -0.1) is 0 Å². The molecule has 8 nitrogen and oxygen atoms in total. The zero-order valence-corrected chi connectivity index (χ0v) is 15.4. The third-order valence-corrected chi connectivity index (χ3v) is 5.03. The number of tetrazole rings is 1. The largest absolute Gasteiger partial charge is 0.481 e. The van der Waals surface area contributed by atoms with E-state index in [4.69, 9.17) is 0 Å². The SMILES string of the molecule is CC1=Nc2nnnn2C(c2ccccc2-c2ccc(C(C)O)cc2)C1C(=O)O. The molecule has 28 heavy (non-hydrogen) atoms. The molecule has 0 bridgehead atoms. The zero-order chi connectivity index (χ0) is 19.8. The molecule has 3 unspecified atom stereocenters. The van der Waals surface area contributed by atoms with Crippen molar-refractivity contribution in [2.75, 3.05) is 0 Å². The van der Waals surface area contributed by atoms with Gasteiger partial charge < -0.3 is 10.2 Å². The highest BCUT2D eigenvalue weighted by Gasteiger charge is 2.40. The number of aliphatic carboxylic acids is 1. The minimum absolute atomic E-state index is 0.291. The van der Waals surface area contributed by atoms with E-state index in [1.807, 2.05) is 48.5 Å². The van der Waals surface area contributed by atoms with Crippen LogP contribution in [0.5, 0.6) is 0 Å². The quantitative estimate of drug-likeness (QED) is 0.723. The van der Waals surface area contributed by atoms with Crippen molar-refractivity contribution in [2.45, 2.75) is 26.0 Å². The molecule has 0 amide bonds. The molecule has 0 radical (unpaired) electrons. The summed E-state index contributed by atoms with van der Waals surface area (Å²) in [5.41, 5.74) is 3.86. The van der Waals surface area contributed by atoms with Crippen molar-refractivity contribution in [3.05, 3.63) is 59.7 Å². The van der Waals surface area contributed by atoms with Gasteiger partial charge in [0.05, 0.1) is 6.10 Å². The predicted molar refractivity (Wildman–Crippen MR) is 102 cm³/mol. The highest BCUT2D eigenvalue weighted by molar-refractivity contribution is 6.03. The molecule has 1 aromatic heterocycles. The summed E-state index contributed by atoms with van der Waals surface area (Å²) >= 11 is 0. The molecule has 1 aliphatic rings. The Kier molecular flexibility index (Phi) is 4.48. The first kappa shape index (κ1) is 18.0. The van der Waals surface area contributed by atoms with Crippen molar-refractivity contribution in [3.8, 4) is 11.1 Å². The second-order valence-corrected chi connectivity index (χ2v) is 6.82. The van der Waals surface area contributed by atoms with E-state index < -0.39 is 24.0 Å². The van der Waals surface area contributed by atoms with Crippen LogP contribution >= 0.6 is 0 Å². The number of aliphatic hydroxyl groups is 1. The minimum Gasteiger partial charge on any atom is -0.481 e. The number of nitrogens with zero attached hydrogens (tertiary/aromatic N) is 5. The van der Waals surface area contributed by atoms with Gasteiger partial charge in [0.25, 0.3) is 5.95 Å². The van der Waals surface area contributed by atoms with Gasteiger partial charge in [-0.3, -0.25) is 4.79 Å². The number of aliphatic hydroxyl groups excluding tert-OH is 1. The summed E-state index contributed by atoms with van der Waals surface area (Å²) < 4.78 is 1.47. The molecule has 3 atom stereocenters. The number of benzene rings is 2. The smallest absolute Gasteiger partial charge is 0.314 e. The van der Waals surface area contributed by atoms with E-state index >= 15 is 0 Å². The predicted octanol–water partition coefficient (Wildman–Crippen LogP) is 2.79. The monoisotopic (exact) mass is 377 g/mol. The van der Waals surface area contributed by atoms with Crippen molar-refractivity contribution in [2.24, 2.45) is 10.9 Å². The van der Waals surface area contributed by atoms with Crippen LogP contribution in [-0.2, 0) is 4.79 Å². The minimum atomic E-state index is -0.980. The lowest BCUT2D eigenvalue weighted by Crippen LogP contribution is -2.36. The second kappa shape index (κ2) is 6.97. The fourth-order valence-electron chi connectivity index (χ4n) is 3.62. The summed E-state index contributed by atoms with van der Waals surface area (Å²) in [4.78, 5) is 16.3. The van der Waals surface area contributed by atoms with Crippen LogP contribution in [0.15, 0.2) is 53.5 Å². The Bertz CT molecular complexity index is 1060. The Labute approximate surface area is 161 Å². The van der Waals surface area contributed by atoms with Crippen LogP contribution in [0.3, 0.4) is 0 Å². The van der Waals surface area contributed by atoms with E-state index in [0.29, 0.717) is 11.7 Å². The van der Waals surface area contributed by atoms with Gasteiger partial charge in [0.1, 0.15) is 12.0 Å². The first-order chi connectivity index (χ1) is 13.5. The second-order valence-electron chi connectivity index (χ2n) is 6.82. The van der Waals surface area contributed by atoms with Crippen LogP contribution in [0.4, 0.5) is 5.95 Å². The van der Waals surface area contributed by atoms with E-state index in [0.717, 1.165) is 22.3 Å². The summed E-state index contributed by atoms with van der Waals surface area (Å²) in [7, 11) is 0. The van der Waals surface area contributed by atoms with E-state index in [-0.39, 0.29) is 0 Å². The first-order valence-corrected chi connectivity index (χ1v) is 8.90. The first-order valence-electron chi connectivity index (χ1n) is 8.90. The number of hydrogen-bond donors (Lipinski definition) is 2. The van der Waals surface area contributed by atoms with Crippen LogP contribution in [0.2, 0.25) is 0 Å². The summed E-state index contributed by atoms with van der Waals surface area (Å²) in [5, 5.41) is 31.2. The van der Waals surface area contributed by atoms with Gasteiger partial charge in [0.15, 0.2) is 0 Å². The van der Waals surface area contributed by atoms with Crippen molar-refractivity contribution < 1.29 is 15.0 Å². The van der Waals surface area contributed by atoms with Crippen molar-refractivity contribution in [1.29, 1.82) is 0 Å². The summed E-state index contributed by atoms with van der Waals surface area (Å²) in [6.07, 6.45) is -0.554. The number of carbonyl (C=O) groups is 1. The molecule has 0 saturated carbocycles. The normalized spacial score (nSPS) is 19.6. The van der Waals surface area contributed by atoms with E-state index in [1.165, 1.54) is 4.68 Å². The lowest BCUT2D eigenvalue weighted by molar-refractivity contribution is -0.140. The van der Waals surface area contributed by atoms with Crippen molar-refractivity contribution >= 4 is 17.6 Å². The number of fused-ring (bicyclic) bond motifs is 1. The fraction of sp³-hybridized carbons (Fsp3) is 0.250. The van der Waals surface area contributed by atoms with Gasteiger partial charge in [-0.2, -0.15) is 0 Å². The van der Waals surface area contributed by atoms with Crippen molar-refractivity contribution in [1.82, 2.24) is 20.2 Å². The fourth-order valence-corrected chi connectivity index (χ4v) is 3.62. The standard InChI is InChI=1S/C20H19N5O3/c1-11-17(19(27)28)18(25-20(21-11)22-23-24-25)16-6-4-3-5-15(16)14-9-7-13(8-10-14)12(2)26/h3-10,12,17-18,26H,1-2H3,(H,27,28). The molecule has 142 valence electrons. The molecule has 2 N–H and O–H groups in total. The van der Waals surface area contributed by atoms with E-state index in [2.05, 4.69) is 20.5 Å². The number of rotatable bonds is 4.